The predicted molar refractivity (Wildman–Crippen MR) is 225 cm³/mol. The summed E-state index contributed by atoms with van der Waals surface area (Å²) in [6, 6.07) is 7.97. The fraction of sp³-hybridized carbons (Fsp3) is 0.476. The van der Waals surface area contributed by atoms with Gasteiger partial charge in [-0.05, 0) is 35.4 Å². The highest BCUT2D eigenvalue weighted by Crippen LogP contribution is 2.20. The Kier molecular flexibility index (Phi) is 19.3. The summed E-state index contributed by atoms with van der Waals surface area (Å²) in [6.07, 6.45) is 1.93. The fourth-order valence-electron chi connectivity index (χ4n) is 6.49. The zero-order valence-corrected chi connectivity index (χ0v) is 34.9. The molecule has 0 aliphatic carbocycles. The van der Waals surface area contributed by atoms with Crippen molar-refractivity contribution in [1.29, 1.82) is 0 Å². The van der Waals surface area contributed by atoms with E-state index < -0.39 is 109 Å². The molecule has 0 aliphatic rings. The van der Waals surface area contributed by atoms with Crippen LogP contribution in [-0.4, -0.2) is 112 Å². The maximum atomic E-state index is 14.5. The normalized spacial score (nSPS) is 15.0. The number of hydrogen-bond donors (Lipinski definition) is 11. The Balaban J connectivity index is 2.02. The number of carbonyl (C=O) groups is 8. The number of aliphatic carboxylic acids is 1. The van der Waals surface area contributed by atoms with Crippen molar-refractivity contribution in [3.05, 3.63) is 71.9 Å². The SMILES string of the molecule is CC[C@H](C)[C@H](NC(=O)[C@H](Cc1ccccc1)NC(=O)[C@H](Cc1c[nH]c2ccccc12)NC(=O)[C@@H](NC(=O)[C@H](CCC(N)=O)NC(=O)CN)[C@@H](C)CC)C(=O)N[C@@H](CO)C(=O)O. The quantitative estimate of drug-likeness (QED) is 0.0504. The van der Waals surface area contributed by atoms with E-state index in [0.29, 0.717) is 24.0 Å². The smallest absolute Gasteiger partial charge is 0.328 e. The third-order valence-corrected chi connectivity index (χ3v) is 10.5. The van der Waals surface area contributed by atoms with Crippen LogP contribution in [0.4, 0.5) is 0 Å². The van der Waals surface area contributed by atoms with E-state index in [4.69, 9.17) is 11.5 Å². The fourth-order valence-corrected chi connectivity index (χ4v) is 6.49. The number of aromatic amines is 1. The zero-order chi connectivity index (χ0) is 45.2. The molecule has 332 valence electrons. The Morgan fingerprint density at radius 1 is 0.656 bits per heavy atom. The van der Waals surface area contributed by atoms with E-state index >= 15 is 0 Å². The Hall–Kier alpha value is -6.34. The number of fused-ring (bicyclic) bond motifs is 1. The molecule has 0 fully saturated rings. The molecule has 13 N–H and O–H groups in total. The zero-order valence-electron chi connectivity index (χ0n) is 34.9. The molecule has 0 radical (unpaired) electrons. The Morgan fingerprint density at radius 2 is 1.16 bits per heavy atom. The van der Waals surface area contributed by atoms with Crippen LogP contribution in [0.3, 0.4) is 0 Å². The van der Waals surface area contributed by atoms with Gasteiger partial charge in [-0.1, -0.05) is 89.1 Å². The lowest BCUT2D eigenvalue weighted by Crippen LogP contribution is -2.61. The van der Waals surface area contributed by atoms with Gasteiger partial charge in [-0.3, -0.25) is 33.6 Å². The van der Waals surface area contributed by atoms with Crippen molar-refractivity contribution in [2.24, 2.45) is 23.3 Å². The molecule has 0 spiro atoms. The first-order chi connectivity index (χ1) is 29.0. The van der Waals surface area contributed by atoms with E-state index in [0.717, 1.165) is 10.9 Å². The minimum Gasteiger partial charge on any atom is -0.480 e. The van der Waals surface area contributed by atoms with Gasteiger partial charge in [-0.25, -0.2) is 4.79 Å². The van der Waals surface area contributed by atoms with Crippen LogP contribution in [-0.2, 0) is 51.2 Å². The number of aliphatic hydroxyl groups is 1. The minimum atomic E-state index is -1.63. The largest absolute Gasteiger partial charge is 0.480 e. The molecule has 2 aromatic carbocycles. The third-order valence-electron chi connectivity index (χ3n) is 10.5. The summed E-state index contributed by atoms with van der Waals surface area (Å²) in [4.78, 5) is 108. The van der Waals surface area contributed by atoms with Gasteiger partial charge in [0.15, 0.2) is 0 Å². The molecular formula is C42H59N9O10. The van der Waals surface area contributed by atoms with E-state index in [1.165, 1.54) is 0 Å². The number of aromatic nitrogens is 1. The number of carbonyl (C=O) groups excluding carboxylic acids is 7. The van der Waals surface area contributed by atoms with Crippen LogP contribution >= 0.6 is 0 Å². The Bertz CT molecular complexity index is 1990. The van der Waals surface area contributed by atoms with Crippen molar-refractivity contribution in [2.45, 2.75) is 102 Å². The summed E-state index contributed by atoms with van der Waals surface area (Å²) >= 11 is 0. The summed E-state index contributed by atoms with van der Waals surface area (Å²) < 4.78 is 0. The predicted octanol–water partition coefficient (Wildman–Crippen LogP) is -0.745. The lowest BCUT2D eigenvalue weighted by molar-refractivity contribution is -0.143. The first kappa shape index (κ1) is 49.0. The monoisotopic (exact) mass is 849 g/mol. The second-order valence-corrected chi connectivity index (χ2v) is 15.0. The molecule has 19 heteroatoms. The molecule has 0 unspecified atom stereocenters. The van der Waals surface area contributed by atoms with Gasteiger partial charge in [0.2, 0.25) is 41.4 Å². The number of para-hydroxylation sites is 1. The molecule has 0 aliphatic heterocycles. The van der Waals surface area contributed by atoms with Crippen LogP contribution in [0.2, 0.25) is 0 Å². The molecule has 3 rings (SSSR count). The minimum absolute atomic E-state index is 0.0534. The van der Waals surface area contributed by atoms with Gasteiger partial charge < -0.3 is 58.6 Å². The van der Waals surface area contributed by atoms with Gasteiger partial charge in [-0.15, -0.1) is 0 Å². The number of carboxylic acids is 1. The van der Waals surface area contributed by atoms with Crippen LogP contribution in [0.5, 0.6) is 0 Å². The molecule has 19 nitrogen and oxygen atoms in total. The Morgan fingerprint density at radius 3 is 1.70 bits per heavy atom. The molecule has 0 saturated carbocycles. The number of amides is 7. The first-order valence-electron chi connectivity index (χ1n) is 20.2. The first-order valence-corrected chi connectivity index (χ1v) is 20.2. The molecule has 0 bridgehead atoms. The van der Waals surface area contributed by atoms with Crippen molar-refractivity contribution in [2.75, 3.05) is 13.2 Å². The number of H-pyrrole nitrogens is 1. The van der Waals surface area contributed by atoms with Crippen LogP contribution in [0, 0.1) is 11.8 Å². The van der Waals surface area contributed by atoms with Crippen LogP contribution in [0.15, 0.2) is 60.8 Å². The summed E-state index contributed by atoms with van der Waals surface area (Å²) in [5, 5.41) is 35.3. The molecule has 7 amide bonds. The van der Waals surface area contributed by atoms with Gasteiger partial charge in [0.25, 0.3) is 0 Å². The molecule has 1 heterocycles. The molecule has 0 saturated heterocycles. The maximum absolute atomic E-state index is 14.5. The number of benzene rings is 2. The van der Waals surface area contributed by atoms with Gasteiger partial charge >= 0.3 is 5.97 Å². The highest BCUT2D eigenvalue weighted by Gasteiger charge is 2.36. The molecule has 61 heavy (non-hydrogen) atoms. The molecule has 8 atom stereocenters. The van der Waals surface area contributed by atoms with Crippen LogP contribution < -0.4 is 43.4 Å². The highest BCUT2D eigenvalue weighted by molar-refractivity contribution is 5.97. The van der Waals surface area contributed by atoms with E-state index in [-0.39, 0.29) is 25.7 Å². The second-order valence-electron chi connectivity index (χ2n) is 15.0. The number of primary amides is 1. The number of nitrogens with one attached hydrogen (secondary N) is 7. The number of carboxylic acid groups (broad SMARTS) is 1. The van der Waals surface area contributed by atoms with Crippen molar-refractivity contribution >= 4 is 58.2 Å². The second kappa shape index (κ2) is 24.0. The lowest BCUT2D eigenvalue weighted by atomic mass is 9.96. The van der Waals surface area contributed by atoms with Crippen molar-refractivity contribution < 1.29 is 48.6 Å². The molecule has 3 aromatic rings. The summed E-state index contributed by atoms with van der Waals surface area (Å²) in [5.41, 5.74) is 12.8. The molecule has 1 aromatic heterocycles. The van der Waals surface area contributed by atoms with E-state index in [1.54, 1.807) is 64.2 Å². The molecular weight excluding hydrogens is 791 g/mol. The van der Waals surface area contributed by atoms with Gasteiger partial charge in [0, 0.05) is 36.4 Å². The van der Waals surface area contributed by atoms with Crippen LogP contribution in [0.25, 0.3) is 10.9 Å². The maximum Gasteiger partial charge on any atom is 0.328 e. The lowest BCUT2D eigenvalue weighted by Gasteiger charge is -2.30. The van der Waals surface area contributed by atoms with E-state index in [9.17, 15) is 48.6 Å². The standard InChI is InChI=1S/C42H59N9O10/c1-5-23(3)35(50-37(55)29(16-17-33(44)53)46-34(54)20-43)40(58)48-31(19-26-21-45-28-15-11-10-14-27(26)28)38(56)47-30(18-25-12-8-7-9-13-25)39(57)51-36(24(4)6-2)41(59)49-32(22-52)42(60)61/h7-15,21,23-24,29-32,35-36,45,52H,5-6,16-20,22,43H2,1-4H3,(H2,44,53)(H,46,54)(H,47,56)(H,48,58)(H,49,59)(H,50,55)(H,51,57)(H,60,61)/t23-,24-,29-,30-,31-,32-,35-,36-/m0/s1. The average molecular weight is 850 g/mol. The van der Waals surface area contributed by atoms with E-state index in [2.05, 4.69) is 36.9 Å². The summed E-state index contributed by atoms with van der Waals surface area (Å²) in [6.45, 7) is 5.62. The van der Waals surface area contributed by atoms with Crippen molar-refractivity contribution in [3.63, 3.8) is 0 Å². The van der Waals surface area contributed by atoms with Crippen molar-refractivity contribution in [1.82, 2.24) is 36.9 Å². The van der Waals surface area contributed by atoms with E-state index in [1.807, 2.05) is 24.3 Å². The number of aliphatic hydroxyl groups excluding tert-OH is 1. The average Bonchev–Trinajstić information content (AvgIpc) is 3.66. The third kappa shape index (κ3) is 14.7. The Labute approximate surface area is 353 Å². The van der Waals surface area contributed by atoms with Gasteiger partial charge in [-0.2, -0.15) is 0 Å². The van der Waals surface area contributed by atoms with Crippen molar-refractivity contribution in [3.8, 4) is 0 Å². The highest BCUT2D eigenvalue weighted by atomic mass is 16.4. The van der Waals surface area contributed by atoms with Gasteiger partial charge in [0.1, 0.15) is 36.3 Å². The topological polar surface area (TPSA) is 317 Å². The summed E-state index contributed by atoms with van der Waals surface area (Å²) in [5.74, 6) is -7.83. The number of hydrogen-bond acceptors (Lipinski definition) is 10. The number of nitrogens with two attached hydrogens (primary N) is 2. The van der Waals surface area contributed by atoms with Crippen LogP contribution in [0.1, 0.15) is 64.5 Å². The number of rotatable bonds is 25. The van der Waals surface area contributed by atoms with Gasteiger partial charge in [0.05, 0.1) is 13.2 Å². The summed E-state index contributed by atoms with van der Waals surface area (Å²) in [7, 11) is 0.